The van der Waals surface area contributed by atoms with E-state index in [1.54, 1.807) is 61.8 Å². The molecule has 3 aromatic rings. The zero-order valence-corrected chi connectivity index (χ0v) is 20.3. The molecule has 0 aliphatic carbocycles. The number of esters is 1. The molecule has 11 heteroatoms. The molecule has 0 aliphatic rings. The van der Waals surface area contributed by atoms with Crippen molar-refractivity contribution in [2.24, 2.45) is 0 Å². The smallest absolute Gasteiger partial charge is 0.319 e. The van der Waals surface area contributed by atoms with Gasteiger partial charge in [-0.15, -0.1) is 0 Å². The number of pyridine rings is 2. The first-order chi connectivity index (χ1) is 17.9. The van der Waals surface area contributed by atoms with Gasteiger partial charge in [-0.3, -0.25) is 19.4 Å². The van der Waals surface area contributed by atoms with Crippen molar-refractivity contribution in [3.63, 3.8) is 0 Å². The van der Waals surface area contributed by atoms with E-state index < -0.39 is 17.8 Å². The van der Waals surface area contributed by atoms with Gasteiger partial charge in [0, 0.05) is 42.8 Å². The van der Waals surface area contributed by atoms with Gasteiger partial charge in [-0.1, -0.05) is 12.1 Å². The highest BCUT2D eigenvalue weighted by atomic mass is 16.5. The van der Waals surface area contributed by atoms with Crippen LogP contribution in [0.2, 0.25) is 0 Å². The van der Waals surface area contributed by atoms with Crippen LogP contribution >= 0.6 is 0 Å². The number of carbonyl (C=O) groups is 4. The van der Waals surface area contributed by atoms with E-state index in [0.29, 0.717) is 36.6 Å². The molecule has 0 radical (unpaired) electrons. The van der Waals surface area contributed by atoms with E-state index in [9.17, 15) is 19.2 Å². The van der Waals surface area contributed by atoms with Crippen LogP contribution in [0.4, 0.5) is 16.3 Å². The fraction of sp³-hybridized carbons (Fsp3) is 0.231. The molecule has 11 nitrogen and oxygen atoms in total. The Labute approximate surface area is 214 Å². The summed E-state index contributed by atoms with van der Waals surface area (Å²) in [7, 11) is 0. The number of anilines is 2. The Bertz CT molecular complexity index is 1230. The van der Waals surface area contributed by atoms with Gasteiger partial charge in [0.25, 0.3) is 5.91 Å². The highest BCUT2D eigenvalue weighted by Crippen LogP contribution is 2.14. The summed E-state index contributed by atoms with van der Waals surface area (Å²) in [5, 5.41) is 10.6. The summed E-state index contributed by atoms with van der Waals surface area (Å²) in [6, 6.07) is 13.0. The van der Waals surface area contributed by atoms with E-state index in [1.807, 2.05) is 0 Å². The van der Waals surface area contributed by atoms with Crippen molar-refractivity contribution in [2.45, 2.75) is 26.3 Å². The lowest BCUT2D eigenvalue weighted by molar-refractivity contribution is -0.143. The number of amides is 4. The Morgan fingerprint density at radius 1 is 0.919 bits per heavy atom. The molecule has 192 valence electrons. The number of aromatic nitrogens is 2. The topological polar surface area (TPSA) is 151 Å². The van der Waals surface area contributed by atoms with Gasteiger partial charge >= 0.3 is 12.0 Å². The Morgan fingerprint density at radius 3 is 2.51 bits per heavy atom. The van der Waals surface area contributed by atoms with Gasteiger partial charge < -0.3 is 26.0 Å². The first kappa shape index (κ1) is 26.8. The molecule has 2 heterocycles. The van der Waals surface area contributed by atoms with Crippen molar-refractivity contribution in [3.8, 4) is 0 Å². The Morgan fingerprint density at radius 2 is 1.73 bits per heavy atom. The number of aryl methyl sites for hydroxylation is 1. The summed E-state index contributed by atoms with van der Waals surface area (Å²) in [5.41, 5.74) is 2.27. The monoisotopic (exact) mass is 504 g/mol. The van der Waals surface area contributed by atoms with Gasteiger partial charge in [0.1, 0.15) is 5.82 Å². The molecule has 4 amide bonds. The minimum absolute atomic E-state index is 0.158. The molecule has 0 saturated carbocycles. The highest BCUT2D eigenvalue weighted by molar-refractivity contribution is 6.00. The van der Waals surface area contributed by atoms with E-state index >= 15 is 0 Å². The maximum atomic E-state index is 12.6. The maximum Gasteiger partial charge on any atom is 0.319 e. The largest absolute Gasteiger partial charge is 0.466 e. The normalized spacial score (nSPS) is 10.2. The van der Waals surface area contributed by atoms with Gasteiger partial charge in [-0.2, -0.15) is 0 Å². The van der Waals surface area contributed by atoms with Crippen molar-refractivity contribution in [1.82, 2.24) is 20.6 Å². The standard InChI is InChI=1S/C26H28N6O5/c1-2-37-23(34)9-8-19-6-4-12-28-24(19)32-22(33)17-29-25(35)20-5-3-7-21(15-20)31-26(36)30-16-18-10-13-27-14-11-18/h3-7,10-15H,2,8-9,16-17H2,1H3,(H,29,35)(H,28,32,33)(H2,30,31,36). The summed E-state index contributed by atoms with van der Waals surface area (Å²) in [5.74, 6) is -0.984. The second kappa shape index (κ2) is 13.9. The number of ether oxygens (including phenoxy) is 1. The summed E-state index contributed by atoms with van der Waals surface area (Å²) in [6.07, 6.45) is 5.31. The molecule has 0 fully saturated rings. The Balaban J connectivity index is 1.48. The highest BCUT2D eigenvalue weighted by Gasteiger charge is 2.13. The Hall–Kier alpha value is -4.80. The van der Waals surface area contributed by atoms with Crippen molar-refractivity contribution in [3.05, 3.63) is 83.8 Å². The van der Waals surface area contributed by atoms with Crippen molar-refractivity contribution in [1.29, 1.82) is 0 Å². The van der Waals surface area contributed by atoms with Crippen LogP contribution < -0.4 is 21.3 Å². The van der Waals surface area contributed by atoms with E-state index in [-0.39, 0.29) is 24.5 Å². The SMILES string of the molecule is CCOC(=O)CCc1cccnc1NC(=O)CNC(=O)c1cccc(NC(=O)NCc2ccncc2)c1. The van der Waals surface area contributed by atoms with Crippen molar-refractivity contribution < 1.29 is 23.9 Å². The molecular weight excluding hydrogens is 476 g/mol. The van der Waals surface area contributed by atoms with Crippen molar-refractivity contribution in [2.75, 3.05) is 23.8 Å². The molecule has 0 unspecified atom stereocenters. The molecule has 1 aromatic carbocycles. The summed E-state index contributed by atoms with van der Waals surface area (Å²) in [6.45, 7) is 2.06. The predicted molar refractivity (Wildman–Crippen MR) is 137 cm³/mol. The fourth-order valence-corrected chi connectivity index (χ4v) is 3.26. The number of urea groups is 1. The molecular formula is C26H28N6O5. The number of carbonyl (C=O) groups excluding carboxylic acids is 4. The number of nitrogens with one attached hydrogen (secondary N) is 4. The van der Waals surface area contributed by atoms with Gasteiger partial charge in [0.2, 0.25) is 5.91 Å². The fourth-order valence-electron chi connectivity index (χ4n) is 3.26. The third kappa shape index (κ3) is 9.06. The van der Waals surface area contributed by atoms with Crippen LogP contribution in [0.3, 0.4) is 0 Å². The number of benzene rings is 1. The molecule has 37 heavy (non-hydrogen) atoms. The van der Waals surface area contributed by atoms with Crippen LogP contribution in [-0.2, 0) is 27.3 Å². The molecule has 0 bridgehead atoms. The van der Waals surface area contributed by atoms with Crippen LogP contribution in [0.1, 0.15) is 34.8 Å². The van der Waals surface area contributed by atoms with E-state index in [0.717, 1.165) is 5.56 Å². The van der Waals surface area contributed by atoms with Crippen molar-refractivity contribution >= 4 is 35.3 Å². The first-order valence-electron chi connectivity index (χ1n) is 11.7. The van der Waals surface area contributed by atoms with Gasteiger partial charge in [-0.05, 0) is 60.9 Å². The van der Waals surface area contributed by atoms with Crippen LogP contribution in [0, 0.1) is 0 Å². The number of nitrogens with zero attached hydrogens (tertiary/aromatic N) is 2. The lowest BCUT2D eigenvalue weighted by Crippen LogP contribution is -2.33. The molecule has 4 N–H and O–H groups in total. The predicted octanol–water partition coefficient (Wildman–Crippen LogP) is 2.66. The summed E-state index contributed by atoms with van der Waals surface area (Å²) in [4.78, 5) is 56.9. The number of rotatable bonds is 11. The number of hydrogen-bond donors (Lipinski definition) is 4. The second-order valence-electron chi connectivity index (χ2n) is 7.79. The molecule has 3 rings (SSSR count). The van der Waals surface area contributed by atoms with Crippen LogP contribution in [-0.4, -0.2) is 46.9 Å². The van der Waals surface area contributed by atoms with Crippen LogP contribution in [0.15, 0.2) is 67.1 Å². The maximum absolute atomic E-state index is 12.6. The lowest BCUT2D eigenvalue weighted by Gasteiger charge is -2.11. The summed E-state index contributed by atoms with van der Waals surface area (Å²) >= 11 is 0. The van der Waals surface area contributed by atoms with E-state index in [2.05, 4.69) is 31.2 Å². The number of hydrogen-bond acceptors (Lipinski definition) is 7. The van der Waals surface area contributed by atoms with Crippen LogP contribution in [0.25, 0.3) is 0 Å². The average molecular weight is 505 g/mol. The minimum Gasteiger partial charge on any atom is -0.466 e. The molecule has 0 atom stereocenters. The second-order valence-corrected chi connectivity index (χ2v) is 7.79. The average Bonchev–Trinajstić information content (AvgIpc) is 2.91. The Kier molecular flexibility index (Phi) is 10.1. The third-order valence-electron chi connectivity index (χ3n) is 5.05. The van der Waals surface area contributed by atoms with E-state index in [4.69, 9.17) is 4.74 Å². The van der Waals surface area contributed by atoms with Crippen LogP contribution in [0.5, 0.6) is 0 Å². The minimum atomic E-state index is -0.487. The zero-order valence-electron chi connectivity index (χ0n) is 20.3. The quantitative estimate of drug-likeness (QED) is 0.293. The third-order valence-corrected chi connectivity index (χ3v) is 5.05. The van der Waals surface area contributed by atoms with Gasteiger partial charge in [0.15, 0.2) is 0 Å². The molecule has 2 aromatic heterocycles. The molecule has 0 spiro atoms. The molecule has 0 aliphatic heterocycles. The summed E-state index contributed by atoms with van der Waals surface area (Å²) < 4.78 is 4.93. The first-order valence-corrected chi connectivity index (χ1v) is 11.7. The van der Waals surface area contributed by atoms with Gasteiger partial charge in [-0.25, -0.2) is 9.78 Å². The zero-order chi connectivity index (χ0) is 26.5. The lowest BCUT2D eigenvalue weighted by atomic mass is 10.1. The van der Waals surface area contributed by atoms with Gasteiger partial charge in [0.05, 0.1) is 13.2 Å². The van der Waals surface area contributed by atoms with E-state index in [1.165, 1.54) is 12.3 Å². The molecule has 0 saturated heterocycles.